The second-order valence-electron chi connectivity index (χ2n) is 8.07. The van der Waals surface area contributed by atoms with Crippen LogP contribution in [-0.4, -0.2) is 34.2 Å². The lowest BCUT2D eigenvalue weighted by molar-refractivity contribution is -0.147. The molecule has 3 amide bonds. The van der Waals surface area contributed by atoms with Crippen molar-refractivity contribution in [2.45, 2.75) is 44.8 Å². The normalized spacial score (nSPS) is 33.9. The van der Waals surface area contributed by atoms with Gasteiger partial charge in [-0.15, -0.1) is 0 Å². The first-order valence-electron chi connectivity index (χ1n) is 8.36. The van der Waals surface area contributed by atoms with Crippen LogP contribution in [-0.2, 0) is 19.9 Å². The van der Waals surface area contributed by atoms with E-state index in [1.165, 1.54) is 23.1 Å². The summed E-state index contributed by atoms with van der Waals surface area (Å²) in [6, 6.07) is 3.64. The number of nitrogens with zero attached hydrogens (tertiary/aromatic N) is 1. The van der Waals surface area contributed by atoms with Crippen LogP contribution in [0.25, 0.3) is 0 Å². The summed E-state index contributed by atoms with van der Waals surface area (Å²) in [6.45, 7) is 7.15. The van der Waals surface area contributed by atoms with Crippen LogP contribution in [0.5, 0.6) is 0 Å². The van der Waals surface area contributed by atoms with Gasteiger partial charge in [-0.25, -0.2) is 4.39 Å². The van der Waals surface area contributed by atoms with E-state index in [1.807, 2.05) is 0 Å². The number of hydrogen-bond acceptors (Lipinski definition) is 4. The van der Waals surface area contributed by atoms with E-state index in [1.54, 1.807) is 27.7 Å². The monoisotopic (exact) mass is 345 g/mol. The van der Waals surface area contributed by atoms with Crippen LogP contribution in [0.1, 0.15) is 33.3 Å². The number of carbonyl (C=O) groups is 3. The van der Waals surface area contributed by atoms with Crippen molar-refractivity contribution in [2.75, 3.05) is 5.32 Å². The van der Waals surface area contributed by atoms with Crippen molar-refractivity contribution in [1.82, 2.24) is 10.2 Å². The Labute approximate surface area is 144 Å². The standard InChI is InChI=1S/C18H20FN3O3/c1-8-12-13(15(24)22(14(12)23)17(2,3)4)18(21-8)10-7-9(19)5-6-11(10)20-16(18)25/h5-8,12-13,21H,1-4H3,(H,20,25)/t8-,12+,13-,18-/m0/s1. The molecular weight excluding hydrogens is 325 g/mol. The molecule has 132 valence electrons. The Bertz CT molecular complexity index is 831. The van der Waals surface area contributed by atoms with E-state index in [2.05, 4.69) is 10.6 Å². The van der Waals surface area contributed by atoms with Crippen LogP contribution in [0.15, 0.2) is 18.2 Å². The maximum Gasteiger partial charge on any atom is 0.250 e. The summed E-state index contributed by atoms with van der Waals surface area (Å²) in [5, 5.41) is 5.88. The Balaban J connectivity index is 1.92. The third-order valence-corrected chi connectivity index (χ3v) is 5.50. The fourth-order valence-corrected chi connectivity index (χ4v) is 4.60. The van der Waals surface area contributed by atoms with Gasteiger partial charge in [0.1, 0.15) is 11.4 Å². The summed E-state index contributed by atoms with van der Waals surface area (Å²) in [5.74, 6) is -3.09. The molecule has 0 radical (unpaired) electrons. The molecule has 7 heteroatoms. The molecule has 1 aromatic rings. The van der Waals surface area contributed by atoms with Crippen LogP contribution in [0.4, 0.5) is 10.1 Å². The zero-order valence-corrected chi connectivity index (χ0v) is 14.5. The van der Waals surface area contributed by atoms with Crippen molar-refractivity contribution in [3.05, 3.63) is 29.6 Å². The van der Waals surface area contributed by atoms with Gasteiger partial charge < -0.3 is 5.32 Å². The number of hydrogen-bond donors (Lipinski definition) is 2. The molecule has 3 heterocycles. The van der Waals surface area contributed by atoms with Gasteiger partial charge in [0.05, 0.1) is 11.8 Å². The zero-order valence-electron chi connectivity index (χ0n) is 14.5. The molecule has 2 fully saturated rings. The van der Waals surface area contributed by atoms with Gasteiger partial charge in [-0.3, -0.25) is 24.6 Å². The molecule has 1 spiro atoms. The van der Waals surface area contributed by atoms with E-state index >= 15 is 0 Å². The molecule has 0 bridgehead atoms. The second kappa shape index (κ2) is 4.66. The van der Waals surface area contributed by atoms with Gasteiger partial charge in [0.25, 0.3) is 0 Å². The molecule has 4 rings (SSSR count). The zero-order chi connectivity index (χ0) is 18.3. The van der Waals surface area contributed by atoms with Gasteiger partial charge in [-0.05, 0) is 45.9 Å². The van der Waals surface area contributed by atoms with E-state index in [-0.39, 0.29) is 17.9 Å². The smallest absolute Gasteiger partial charge is 0.250 e. The number of carbonyl (C=O) groups excluding carboxylic acids is 3. The minimum absolute atomic E-state index is 0.281. The maximum absolute atomic E-state index is 13.9. The molecule has 1 aromatic carbocycles. The van der Waals surface area contributed by atoms with Gasteiger partial charge in [-0.2, -0.15) is 0 Å². The maximum atomic E-state index is 13.9. The third kappa shape index (κ3) is 1.84. The molecule has 4 atom stereocenters. The number of anilines is 1. The molecule has 0 saturated carbocycles. The number of fused-ring (bicyclic) bond motifs is 4. The SMILES string of the molecule is C[C@@H]1N[C@]2(C(=O)Nc3ccc(F)cc32)[C@@H]2C(=O)N(C(C)(C)C)C(=O)[C@H]12. The number of amides is 3. The second-order valence-corrected chi connectivity index (χ2v) is 8.07. The lowest BCUT2D eigenvalue weighted by atomic mass is 9.76. The molecule has 6 nitrogen and oxygen atoms in total. The minimum atomic E-state index is -1.41. The summed E-state index contributed by atoms with van der Waals surface area (Å²) in [4.78, 5) is 40.3. The third-order valence-electron chi connectivity index (χ3n) is 5.50. The lowest BCUT2D eigenvalue weighted by Crippen LogP contribution is -2.55. The van der Waals surface area contributed by atoms with E-state index in [4.69, 9.17) is 0 Å². The topological polar surface area (TPSA) is 78.5 Å². The van der Waals surface area contributed by atoms with Crippen LogP contribution in [0, 0.1) is 17.7 Å². The molecule has 25 heavy (non-hydrogen) atoms. The largest absolute Gasteiger partial charge is 0.324 e. The van der Waals surface area contributed by atoms with Crippen molar-refractivity contribution in [1.29, 1.82) is 0 Å². The number of halogens is 1. The number of imide groups is 1. The number of nitrogens with one attached hydrogen (secondary N) is 2. The highest BCUT2D eigenvalue weighted by Gasteiger charge is 2.70. The van der Waals surface area contributed by atoms with E-state index in [0.29, 0.717) is 11.3 Å². The first kappa shape index (κ1) is 16.2. The van der Waals surface area contributed by atoms with Gasteiger partial charge in [0, 0.05) is 22.8 Å². The summed E-state index contributed by atoms with van der Waals surface area (Å²) < 4.78 is 13.9. The first-order valence-corrected chi connectivity index (χ1v) is 8.36. The predicted molar refractivity (Wildman–Crippen MR) is 87.9 cm³/mol. The van der Waals surface area contributed by atoms with Crippen LogP contribution >= 0.6 is 0 Å². The Morgan fingerprint density at radius 3 is 2.48 bits per heavy atom. The molecule has 0 aromatic heterocycles. The summed E-state index contributed by atoms with van der Waals surface area (Å²) in [5.41, 5.74) is -1.22. The fourth-order valence-electron chi connectivity index (χ4n) is 4.60. The van der Waals surface area contributed by atoms with Crippen molar-refractivity contribution in [3.63, 3.8) is 0 Å². The molecule has 2 N–H and O–H groups in total. The quantitative estimate of drug-likeness (QED) is 0.696. The van der Waals surface area contributed by atoms with Gasteiger partial charge >= 0.3 is 0 Å². The minimum Gasteiger partial charge on any atom is -0.324 e. The van der Waals surface area contributed by atoms with Gasteiger partial charge in [-0.1, -0.05) is 0 Å². The molecule has 2 saturated heterocycles. The van der Waals surface area contributed by atoms with E-state index in [9.17, 15) is 18.8 Å². The summed E-state index contributed by atoms with van der Waals surface area (Å²) in [6.07, 6.45) is 0. The van der Waals surface area contributed by atoms with Gasteiger partial charge in [0.2, 0.25) is 17.7 Å². The van der Waals surface area contributed by atoms with Crippen molar-refractivity contribution < 1.29 is 18.8 Å². The van der Waals surface area contributed by atoms with Crippen molar-refractivity contribution in [2.24, 2.45) is 11.8 Å². The lowest BCUT2D eigenvalue weighted by Gasteiger charge is -2.34. The Morgan fingerprint density at radius 1 is 1.16 bits per heavy atom. The summed E-state index contributed by atoms with van der Waals surface area (Å²) in [7, 11) is 0. The van der Waals surface area contributed by atoms with Crippen molar-refractivity contribution in [3.8, 4) is 0 Å². The Morgan fingerprint density at radius 2 is 1.84 bits per heavy atom. The van der Waals surface area contributed by atoms with Gasteiger partial charge in [0.15, 0.2) is 0 Å². The van der Waals surface area contributed by atoms with Crippen molar-refractivity contribution >= 4 is 23.4 Å². The van der Waals surface area contributed by atoms with Crippen LogP contribution in [0.2, 0.25) is 0 Å². The highest BCUT2D eigenvalue weighted by atomic mass is 19.1. The molecular formula is C18H20FN3O3. The number of likely N-dealkylation sites (tertiary alicyclic amines) is 1. The average molecular weight is 345 g/mol. The van der Waals surface area contributed by atoms with E-state index < -0.39 is 34.6 Å². The van der Waals surface area contributed by atoms with E-state index in [0.717, 1.165) is 0 Å². The Hall–Kier alpha value is -2.28. The predicted octanol–water partition coefficient (Wildman–Crippen LogP) is 1.36. The average Bonchev–Trinajstić information content (AvgIpc) is 3.04. The molecule has 0 aliphatic carbocycles. The fraction of sp³-hybridized carbons (Fsp3) is 0.500. The first-order chi connectivity index (χ1) is 11.6. The molecule has 0 unspecified atom stereocenters. The molecule has 3 aliphatic heterocycles. The number of benzene rings is 1. The summed E-state index contributed by atoms with van der Waals surface area (Å²) >= 11 is 0. The Kier molecular flexibility index (Phi) is 3.02. The van der Waals surface area contributed by atoms with Crippen LogP contribution in [0.3, 0.4) is 0 Å². The highest BCUT2D eigenvalue weighted by molar-refractivity contribution is 6.15. The highest BCUT2D eigenvalue weighted by Crippen LogP contribution is 2.53. The molecule has 3 aliphatic rings. The number of rotatable bonds is 0. The van der Waals surface area contributed by atoms with Crippen LogP contribution < -0.4 is 10.6 Å².